The Labute approximate surface area is 126 Å². The van der Waals surface area contributed by atoms with E-state index >= 15 is 0 Å². The first kappa shape index (κ1) is 15.6. The van der Waals surface area contributed by atoms with Gasteiger partial charge >= 0.3 is 0 Å². The first-order chi connectivity index (χ1) is 10.1. The van der Waals surface area contributed by atoms with Crippen molar-refractivity contribution >= 4 is 5.91 Å². The third kappa shape index (κ3) is 3.86. The SMILES string of the molecule is CC[n+]1ccc(O)c(OCCC(=O)N2CCCCC2)c1C. The van der Waals surface area contributed by atoms with E-state index in [1.54, 1.807) is 6.07 Å². The van der Waals surface area contributed by atoms with Crippen molar-refractivity contribution in [3.8, 4) is 11.5 Å². The molecule has 21 heavy (non-hydrogen) atoms. The number of aromatic nitrogens is 1. The largest absolute Gasteiger partial charge is 0.504 e. The highest BCUT2D eigenvalue weighted by Crippen LogP contribution is 2.27. The van der Waals surface area contributed by atoms with Crippen LogP contribution in [-0.2, 0) is 11.3 Å². The second-order valence-electron chi connectivity index (χ2n) is 5.44. The van der Waals surface area contributed by atoms with Crippen molar-refractivity contribution in [1.82, 2.24) is 4.90 Å². The van der Waals surface area contributed by atoms with Crippen LogP contribution in [0.1, 0.15) is 38.3 Å². The van der Waals surface area contributed by atoms with Crippen LogP contribution in [0.25, 0.3) is 0 Å². The van der Waals surface area contributed by atoms with Crippen molar-refractivity contribution < 1.29 is 19.2 Å². The molecule has 116 valence electrons. The summed E-state index contributed by atoms with van der Waals surface area (Å²) in [5.41, 5.74) is 0.878. The molecule has 1 fully saturated rings. The van der Waals surface area contributed by atoms with Gasteiger partial charge in [0.15, 0.2) is 11.9 Å². The highest BCUT2D eigenvalue weighted by Gasteiger charge is 2.19. The van der Waals surface area contributed by atoms with E-state index in [4.69, 9.17) is 4.74 Å². The number of pyridine rings is 1. The van der Waals surface area contributed by atoms with Gasteiger partial charge in [0.25, 0.3) is 0 Å². The lowest BCUT2D eigenvalue weighted by atomic mass is 10.1. The minimum absolute atomic E-state index is 0.127. The summed E-state index contributed by atoms with van der Waals surface area (Å²) < 4.78 is 7.65. The topological polar surface area (TPSA) is 53.7 Å². The van der Waals surface area contributed by atoms with E-state index in [1.807, 2.05) is 29.5 Å². The normalized spacial score (nSPS) is 15.0. The zero-order valence-electron chi connectivity index (χ0n) is 13.0. The zero-order chi connectivity index (χ0) is 15.2. The summed E-state index contributed by atoms with van der Waals surface area (Å²) in [6.07, 6.45) is 5.61. The maximum Gasteiger partial charge on any atom is 0.228 e. The van der Waals surface area contributed by atoms with Crippen molar-refractivity contribution in [3.63, 3.8) is 0 Å². The van der Waals surface area contributed by atoms with Crippen LogP contribution in [0, 0.1) is 6.92 Å². The monoisotopic (exact) mass is 293 g/mol. The fourth-order valence-electron chi connectivity index (χ4n) is 2.73. The highest BCUT2D eigenvalue weighted by atomic mass is 16.5. The second kappa shape index (κ2) is 7.29. The van der Waals surface area contributed by atoms with Crippen LogP contribution in [0.5, 0.6) is 11.5 Å². The second-order valence-corrected chi connectivity index (χ2v) is 5.44. The van der Waals surface area contributed by atoms with Gasteiger partial charge in [0.2, 0.25) is 17.4 Å². The minimum Gasteiger partial charge on any atom is -0.504 e. The number of nitrogens with zero attached hydrogens (tertiary/aromatic N) is 2. The molecule has 0 radical (unpaired) electrons. The van der Waals surface area contributed by atoms with Gasteiger partial charge in [-0.2, -0.15) is 4.57 Å². The van der Waals surface area contributed by atoms with Crippen molar-refractivity contribution in [2.45, 2.75) is 46.1 Å². The molecule has 1 aromatic rings. The van der Waals surface area contributed by atoms with Crippen molar-refractivity contribution in [2.24, 2.45) is 0 Å². The third-order valence-corrected chi connectivity index (χ3v) is 4.02. The molecule has 5 heteroatoms. The number of aromatic hydroxyl groups is 1. The maximum absolute atomic E-state index is 12.1. The number of carbonyl (C=O) groups is 1. The number of likely N-dealkylation sites (tertiary alicyclic amines) is 1. The number of rotatable bonds is 5. The van der Waals surface area contributed by atoms with E-state index in [2.05, 4.69) is 0 Å². The number of piperidine rings is 1. The van der Waals surface area contributed by atoms with Gasteiger partial charge in [0.05, 0.1) is 13.0 Å². The molecule has 2 heterocycles. The lowest BCUT2D eigenvalue weighted by Crippen LogP contribution is -2.37. The van der Waals surface area contributed by atoms with Crippen molar-refractivity contribution in [2.75, 3.05) is 19.7 Å². The summed E-state index contributed by atoms with van der Waals surface area (Å²) in [5, 5.41) is 9.89. The van der Waals surface area contributed by atoms with Crippen LogP contribution < -0.4 is 9.30 Å². The molecule has 0 bridgehead atoms. The molecule has 0 aliphatic carbocycles. The predicted octanol–water partition coefficient (Wildman–Crippen LogP) is 1.79. The third-order valence-electron chi connectivity index (χ3n) is 4.02. The van der Waals surface area contributed by atoms with E-state index in [0.29, 0.717) is 18.8 Å². The van der Waals surface area contributed by atoms with Crippen molar-refractivity contribution in [1.29, 1.82) is 0 Å². The Kier molecular flexibility index (Phi) is 5.42. The number of hydrogen-bond acceptors (Lipinski definition) is 3. The molecule has 1 aliphatic rings. The Bertz CT molecular complexity index is 497. The molecule has 1 saturated heterocycles. The average molecular weight is 293 g/mol. The lowest BCUT2D eigenvalue weighted by molar-refractivity contribution is -0.699. The van der Waals surface area contributed by atoms with Crippen LogP contribution in [0.2, 0.25) is 0 Å². The van der Waals surface area contributed by atoms with Gasteiger partial charge in [0, 0.05) is 26.1 Å². The van der Waals surface area contributed by atoms with Crippen molar-refractivity contribution in [3.05, 3.63) is 18.0 Å². The molecule has 1 amide bonds. The standard InChI is InChI=1S/C16H24N2O3/c1-3-17-11-7-14(19)16(13(17)2)21-12-8-15(20)18-9-5-4-6-10-18/h7,11H,3-6,8-10,12H2,1-2H3/p+1. The first-order valence-electron chi connectivity index (χ1n) is 7.76. The van der Waals surface area contributed by atoms with Gasteiger partial charge in [-0.3, -0.25) is 4.79 Å². The molecule has 5 nitrogen and oxygen atoms in total. The molecule has 0 spiro atoms. The molecule has 0 unspecified atom stereocenters. The van der Waals surface area contributed by atoms with Crippen LogP contribution in [0.4, 0.5) is 0 Å². The summed E-state index contributed by atoms with van der Waals surface area (Å²) in [7, 11) is 0. The molecule has 0 saturated carbocycles. The molecule has 1 N–H and O–H groups in total. The Morgan fingerprint density at radius 3 is 2.76 bits per heavy atom. The van der Waals surface area contributed by atoms with Crippen LogP contribution in [0.15, 0.2) is 12.3 Å². The number of ether oxygens (including phenoxy) is 1. The Morgan fingerprint density at radius 1 is 1.38 bits per heavy atom. The van der Waals surface area contributed by atoms with Gasteiger partial charge < -0.3 is 14.7 Å². The number of carbonyl (C=O) groups excluding carboxylic acids is 1. The summed E-state index contributed by atoms with van der Waals surface area (Å²) >= 11 is 0. The van der Waals surface area contributed by atoms with E-state index < -0.39 is 0 Å². The summed E-state index contributed by atoms with van der Waals surface area (Å²) in [4.78, 5) is 14.0. The zero-order valence-corrected chi connectivity index (χ0v) is 13.0. The smallest absolute Gasteiger partial charge is 0.228 e. The molecule has 1 aromatic heterocycles. The lowest BCUT2D eigenvalue weighted by Gasteiger charge is -2.26. The van der Waals surface area contributed by atoms with Gasteiger partial charge in [0.1, 0.15) is 6.54 Å². The minimum atomic E-state index is 0.127. The van der Waals surface area contributed by atoms with E-state index in [0.717, 1.165) is 38.2 Å². The van der Waals surface area contributed by atoms with Crippen LogP contribution in [-0.4, -0.2) is 35.6 Å². The Balaban J connectivity index is 1.89. The van der Waals surface area contributed by atoms with E-state index in [9.17, 15) is 9.90 Å². The molecule has 1 aliphatic heterocycles. The molecular formula is C16H25N2O3+. The molecular weight excluding hydrogens is 268 g/mol. The molecule has 2 rings (SSSR count). The van der Waals surface area contributed by atoms with Crippen LogP contribution >= 0.6 is 0 Å². The fraction of sp³-hybridized carbons (Fsp3) is 0.625. The first-order valence-corrected chi connectivity index (χ1v) is 7.76. The highest BCUT2D eigenvalue weighted by molar-refractivity contribution is 5.76. The number of aryl methyl sites for hydroxylation is 1. The average Bonchev–Trinajstić information content (AvgIpc) is 2.51. The number of amides is 1. The number of hydrogen-bond donors (Lipinski definition) is 1. The van der Waals surface area contributed by atoms with E-state index in [-0.39, 0.29) is 11.7 Å². The van der Waals surface area contributed by atoms with Gasteiger partial charge in [-0.05, 0) is 26.2 Å². The maximum atomic E-state index is 12.1. The van der Waals surface area contributed by atoms with Gasteiger partial charge in [-0.1, -0.05) is 0 Å². The molecule has 0 atom stereocenters. The summed E-state index contributed by atoms with van der Waals surface area (Å²) in [5.74, 6) is 0.750. The van der Waals surface area contributed by atoms with Crippen LogP contribution in [0.3, 0.4) is 0 Å². The fourth-order valence-corrected chi connectivity index (χ4v) is 2.73. The van der Waals surface area contributed by atoms with Gasteiger partial charge in [-0.25, -0.2) is 0 Å². The van der Waals surface area contributed by atoms with E-state index in [1.165, 1.54) is 6.42 Å². The summed E-state index contributed by atoms with van der Waals surface area (Å²) in [6.45, 7) is 6.79. The Hall–Kier alpha value is -1.78. The summed E-state index contributed by atoms with van der Waals surface area (Å²) in [6, 6.07) is 1.62. The quantitative estimate of drug-likeness (QED) is 0.842. The Morgan fingerprint density at radius 2 is 2.10 bits per heavy atom. The molecule has 0 aromatic carbocycles. The predicted molar refractivity (Wildman–Crippen MR) is 79.3 cm³/mol. The van der Waals surface area contributed by atoms with Gasteiger partial charge in [-0.15, -0.1) is 0 Å².